The van der Waals surface area contributed by atoms with E-state index in [1.165, 1.54) is 0 Å². The fourth-order valence-electron chi connectivity index (χ4n) is 2.07. The molecule has 0 aliphatic rings. The van der Waals surface area contributed by atoms with Crippen molar-refractivity contribution in [3.05, 3.63) is 77.9 Å². The monoisotopic (exact) mass is 267 g/mol. The lowest BCUT2D eigenvalue weighted by Crippen LogP contribution is -2.21. The van der Waals surface area contributed by atoms with E-state index in [2.05, 4.69) is 0 Å². The highest BCUT2D eigenvalue weighted by Gasteiger charge is 2.10. The maximum Gasteiger partial charge on any atom is 0.305 e. The summed E-state index contributed by atoms with van der Waals surface area (Å²) in [4.78, 5) is 10.8. The quantitative estimate of drug-likeness (QED) is 0.875. The molecule has 0 fully saturated rings. The van der Waals surface area contributed by atoms with Crippen LogP contribution in [-0.4, -0.2) is 17.1 Å². The normalized spacial score (nSPS) is 11.7. The molecular weight excluding hydrogens is 250 g/mol. The predicted molar refractivity (Wildman–Crippen MR) is 80.2 cm³/mol. The van der Waals surface area contributed by atoms with Crippen molar-refractivity contribution in [2.75, 3.05) is 0 Å². The zero-order valence-corrected chi connectivity index (χ0v) is 11.1. The molecular formula is C17H17NO2. The molecule has 0 amide bonds. The maximum atomic E-state index is 10.8. The standard InChI is InChI=1S/C17H17NO2/c18-15(12-17(19)20)11-16(13-7-3-1-4-8-13)14-9-5-2-6-10-14/h1-11,15H,12,18H2,(H,19,20). The van der Waals surface area contributed by atoms with Gasteiger partial charge in [-0.15, -0.1) is 0 Å². The Hall–Kier alpha value is -2.39. The van der Waals surface area contributed by atoms with Crippen molar-refractivity contribution in [2.24, 2.45) is 5.73 Å². The van der Waals surface area contributed by atoms with Gasteiger partial charge in [0, 0.05) is 6.04 Å². The molecule has 1 unspecified atom stereocenters. The molecule has 0 saturated carbocycles. The third kappa shape index (κ3) is 3.80. The first-order chi connectivity index (χ1) is 9.66. The first-order valence-corrected chi connectivity index (χ1v) is 6.47. The van der Waals surface area contributed by atoms with Crippen LogP contribution in [0.15, 0.2) is 66.7 Å². The van der Waals surface area contributed by atoms with E-state index in [-0.39, 0.29) is 6.42 Å². The number of nitrogens with two attached hydrogens (primary N) is 1. The van der Waals surface area contributed by atoms with Crippen molar-refractivity contribution in [3.63, 3.8) is 0 Å². The van der Waals surface area contributed by atoms with Gasteiger partial charge in [-0.25, -0.2) is 0 Å². The molecule has 1 atom stereocenters. The molecule has 0 aliphatic carbocycles. The van der Waals surface area contributed by atoms with Gasteiger partial charge >= 0.3 is 5.97 Å². The summed E-state index contributed by atoms with van der Waals surface area (Å²) in [6, 6.07) is 19.2. The van der Waals surface area contributed by atoms with E-state index < -0.39 is 12.0 Å². The highest BCUT2D eigenvalue weighted by Crippen LogP contribution is 2.23. The Bertz CT molecular complexity index is 549. The molecule has 3 heteroatoms. The molecule has 0 aliphatic heterocycles. The maximum absolute atomic E-state index is 10.8. The van der Waals surface area contributed by atoms with Gasteiger partial charge < -0.3 is 10.8 Å². The van der Waals surface area contributed by atoms with Crippen LogP contribution in [0.2, 0.25) is 0 Å². The summed E-state index contributed by atoms with van der Waals surface area (Å²) >= 11 is 0. The molecule has 3 N–H and O–H groups in total. The van der Waals surface area contributed by atoms with Crippen molar-refractivity contribution in [3.8, 4) is 0 Å². The minimum Gasteiger partial charge on any atom is -0.481 e. The Morgan fingerprint density at radius 3 is 1.85 bits per heavy atom. The van der Waals surface area contributed by atoms with Crippen molar-refractivity contribution < 1.29 is 9.90 Å². The first-order valence-electron chi connectivity index (χ1n) is 6.47. The molecule has 2 rings (SSSR count). The lowest BCUT2D eigenvalue weighted by atomic mass is 9.95. The molecule has 0 aromatic heterocycles. The Labute approximate surface area is 118 Å². The van der Waals surface area contributed by atoms with Gasteiger partial charge in [-0.1, -0.05) is 66.7 Å². The molecule has 3 nitrogen and oxygen atoms in total. The van der Waals surface area contributed by atoms with Gasteiger partial charge in [0.2, 0.25) is 0 Å². The van der Waals surface area contributed by atoms with E-state index >= 15 is 0 Å². The topological polar surface area (TPSA) is 63.3 Å². The molecule has 2 aromatic carbocycles. The second-order valence-corrected chi connectivity index (χ2v) is 4.57. The Morgan fingerprint density at radius 1 is 1.00 bits per heavy atom. The lowest BCUT2D eigenvalue weighted by Gasteiger charge is -2.11. The van der Waals surface area contributed by atoms with Gasteiger partial charge in [0.25, 0.3) is 0 Å². The average Bonchev–Trinajstić information content (AvgIpc) is 2.46. The van der Waals surface area contributed by atoms with E-state index in [0.717, 1.165) is 16.7 Å². The van der Waals surface area contributed by atoms with Crippen LogP contribution in [-0.2, 0) is 4.79 Å². The van der Waals surface area contributed by atoms with E-state index in [9.17, 15) is 4.79 Å². The summed E-state index contributed by atoms with van der Waals surface area (Å²) in [5.74, 6) is -0.894. The lowest BCUT2D eigenvalue weighted by molar-refractivity contribution is -0.137. The number of hydrogen-bond acceptors (Lipinski definition) is 2. The highest BCUT2D eigenvalue weighted by molar-refractivity contribution is 5.80. The van der Waals surface area contributed by atoms with Gasteiger partial charge in [0.15, 0.2) is 0 Å². The van der Waals surface area contributed by atoms with Crippen LogP contribution in [0.4, 0.5) is 0 Å². The van der Waals surface area contributed by atoms with Crippen LogP contribution in [0.25, 0.3) is 5.57 Å². The smallest absolute Gasteiger partial charge is 0.305 e. The van der Waals surface area contributed by atoms with Crippen LogP contribution in [0, 0.1) is 0 Å². The summed E-state index contributed by atoms with van der Waals surface area (Å²) in [6.45, 7) is 0. The zero-order valence-electron chi connectivity index (χ0n) is 11.1. The van der Waals surface area contributed by atoms with Gasteiger partial charge in [-0.3, -0.25) is 4.79 Å². The Balaban J connectivity index is 2.40. The number of carboxylic acid groups (broad SMARTS) is 1. The van der Waals surface area contributed by atoms with Gasteiger partial charge in [0.05, 0.1) is 6.42 Å². The summed E-state index contributed by atoms with van der Waals surface area (Å²) in [7, 11) is 0. The molecule has 0 heterocycles. The Morgan fingerprint density at radius 2 is 1.45 bits per heavy atom. The summed E-state index contributed by atoms with van der Waals surface area (Å²) in [6.07, 6.45) is 1.74. The fraction of sp³-hybridized carbons (Fsp3) is 0.118. The number of carbonyl (C=O) groups is 1. The van der Waals surface area contributed by atoms with E-state index in [1.54, 1.807) is 0 Å². The molecule has 2 aromatic rings. The molecule has 20 heavy (non-hydrogen) atoms. The van der Waals surface area contributed by atoms with E-state index in [0.29, 0.717) is 0 Å². The van der Waals surface area contributed by atoms with Crippen LogP contribution < -0.4 is 5.73 Å². The van der Waals surface area contributed by atoms with Crippen molar-refractivity contribution in [2.45, 2.75) is 12.5 Å². The third-order valence-electron chi connectivity index (χ3n) is 2.96. The van der Waals surface area contributed by atoms with Crippen LogP contribution in [0.3, 0.4) is 0 Å². The number of carboxylic acids is 1. The largest absolute Gasteiger partial charge is 0.481 e. The van der Waals surface area contributed by atoms with E-state index in [1.807, 2.05) is 66.7 Å². The third-order valence-corrected chi connectivity index (χ3v) is 2.96. The molecule has 102 valence electrons. The zero-order chi connectivity index (χ0) is 14.4. The molecule has 0 saturated heterocycles. The van der Waals surface area contributed by atoms with Crippen LogP contribution in [0.1, 0.15) is 17.5 Å². The van der Waals surface area contributed by atoms with Crippen molar-refractivity contribution >= 4 is 11.5 Å². The first kappa shape index (κ1) is 14.0. The number of rotatable bonds is 5. The highest BCUT2D eigenvalue weighted by atomic mass is 16.4. The molecule has 0 bridgehead atoms. The van der Waals surface area contributed by atoms with E-state index in [4.69, 9.17) is 10.8 Å². The Kier molecular flexibility index (Phi) is 4.69. The number of aliphatic carboxylic acids is 1. The predicted octanol–water partition coefficient (Wildman–Crippen LogP) is 2.92. The summed E-state index contributed by atoms with van der Waals surface area (Å²) in [5, 5.41) is 8.83. The molecule has 0 spiro atoms. The summed E-state index contributed by atoms with van der Waals surface area (Å²) < 4.78 is 0. The second-order valence-electron chi connectivity index (χ2n) is 4.57. The van der Waals surface area contributed by atoms with Crippen LogP contribution >= 0.6 is 0 Å². The minimum absolute atomic E-state index is 0.0802. The van der Waals surface area contributed by atoms with Crippen molar-refractivity contribution in [1.82, 2.24) is 0 Å². The second kappa shape index (κ2) is 6.68. The minimum atomic E-state index is -0.894. The van der Waals surface area contributed by atoms with Gasteiger partial charge in [0.1, 0.15) is 0 Å². The van der Waals surface area contributed by atoms with Crippen molar-refractivity contribution in [1.29, 1.82) is 0 Å². The number of hydrogen-bond donors (Lipinski definition) is 2. The fourth-order valence-corrected chi connectivity index (χ4v) is 2.07. The number of benzene rings is 2. The van der Waals surface area contributed by atoms with Crippen LogP contribution in [0.5, 0.6) is 0 Å². The van der Waals surface area contributed by atoms with Gasteiger partial charge in [-0.2, -0.15) is 0 Å². The van der Waals surface area contributed by atoms with Gasteiger partial charge in [-0.05, 0) is 16.7 Å². The average molecular weight is 267 g/mol. The molecule has 0 radical (unpaired) electrons. The summed E-state index contributed by atoms with van der Waals surface area (Å²) in [5.41, 5.74) is 8.91. The SMILES string of the molecule is NC(C=C(c1ccccc1)c1ccccc1)CC(=O)O.